The second-order valence-corrected chi connectivity index (χ2v) is 6.73. The Morgan fingerprint density at radius 1 is 1.04 bits per heavy atom. The highest BCUT2D eigenvalue weighted by Crippen LogP contribution is 2.28. The molecule has 2 atom stereocenters. The summed E-state index contributed by atoms with van der Waals surface area (Å²) in [6, 6.07) is 6.94. The maximum absolute atomic E-state index is 12.3. The number of hydrogen-bond acceptors (Lipinski definition) is 5. The van der Waals surface area contributed by atoms with E-state index in [1.165, 1.54) is 26.4 Å². The first-order valence-corrected chi connectivity index (χ1v) is 9.07. The van der Waals surface area contributed by atoms with Crippen LogP contribution in [0.5, 0.6) is 0 Å². The van der Waals surface area contributed by atoms with Gasteiger partial charge in [0.1, 0.15) is 6.10 Å². The van der Waals surface area contributed by atoms with Gasteiger partial charge in [-0.25, -0.2) is 9.59 Å². The van der Waals surface area contributed by atoms with Gasteiger partial charge in [0, 0.05) is 11.7 Å². The van der Waals surface area contributed by atoms with Crippen molar-refractivity contribution in [2.24, 2.45) is 0 Å². The number of benzene rings is 1. The van der Waals surface area contributed by atoms with E-state index in [0.717, 1.165) is 32.4 Å². The summed E-state index contributed by atoms with van der Waals surface area (Å²) < 4.78 is 10.4. The summed E-state index contributed by atoms with van der Waals surface area (Å²) >= 11 is 0. The molecule has 1 saturated heterocycles. The molecule has 0 aromatic heterocycles. The highest BCUT2D eigenvalue weighted by Gasteiger charge is 2.34. The van der Waals surface area contributed by atoms with Gasteiger partial charge in [-0.05, 0) is 69.5 Å². The molecule has 1 N–H and O–H groups in total. The third-order valence-corrected chi connectivity index (χ3v) is 5.09. The number of nitrogens with one attached hydrogen (secondary N) is 1. The lowest BCUT2D eigenvalue weighted by Crippen LogP contribution is -2.46. The molecule has 2 fully saturated rings. The predicted molar refractivity (Wildman–Crippen MR) is 94.7 cm³/mol. The number of amides is 1. The highest BCUT2D eigenvalue weighted by molar-refractivity contribution is 5.91. The molecule has 1 aliphatic heterocycles. The number of methoxy groups -OCH3 is 1. The number of rotatable bonds is 4. The van der Waals surface area contributed by atoms with E-state index in [9.17, 15) is 9.59 Å². The molecule has 0 radical (unpaired) electrons. The first-order chi connectivity index (χ1) is 12.2. The van der Waals surface area contributed by atoms with E-state index < -0.39 is 12.1 Å². The molecule has 0 unspecified atom stereocenters. The molecule has 136 valence electrons. The third-order valence-electron chi connectivity index (χ3n) is 5.09. The van der Waals surface area contributed by atoms with Crippen molar-refractivity contribution in [3.8, 4) is 0 Å². The zero-order valence-electron chi connectivity index (χ0n) is 14.7. The highest BCUT2D eigenvalue weighted by atomic mass is 16.6. The van der Waals surface area contributed by atoms with Gasteiger partial charge in [-0.3, -0.25) is 10.2 Å². The average Bonchev–Trinajstić information content (AvgIpc) is 3.16. The van der Waals surface area contributed by atoms with Crippen molar-refractivity contribution in [1.29, 1.82) is 0 Å². The standard InChI is InChI=1S/C19H26N2O4/c1-24-18(22)14-8-10-15(11-9-14)20-19(23)25-17-7-3-2-6-16(17)21-12-4-5-13-21/h8-11,16-17H,2-7,12-13H2,1H3,(H,20,23)/t16-,17-/m0/s1. The van der Waals surface area contributed by atoms with Crippen LogP contribution < -0.4 is 5.32 Å². The van der Waals surface area contributed by atoms with Gasteiger partial charge in [0.05, 0.1) is 12.7 Å². The Labute approximate surface area is 148 Å². The fourth-order valence-electron chi connectivity index (χ4n) is 3.80. The first kappa shape index (κ1) is 17.7. The van der Waals surface area contributed by atoms with Crippen LogP contribution in [0.3, 0.4) is 0 Å². The fraction of sp³-hybridized carbons (Fsp3) is 0.579. The molecule has 1 saturated carbocycles. The quantitative estimate of drug-likeness (QED) is 0.846. The summed E-state index contributed by atoms with van der Waals surface area (Å²) in [7, 11) is 1.34. The van der Waals surface area contributed by atoms with Gasteiger partial charge < -0.3 is 9.47 Å². The van der Waals surface area contributed by atoms with E-state index in [1.807, 2.05) is 0 Å². The number of carbonyl (C=O) groups is 2. The van der Waals surface area contributed by atoms with Crippen molar-refractivity contribution in [1.82, 2.24) is 4.90 Å². The topological polar surface area (TPSA) is 67.9 Å². The molecule has 0 spiro atoms. The summed E-state index contributed by atoms with van der Waals surface area (Å²) in [6.45, 7) is 2.22. The van der Waals surface area contributed by atoms with Gasteiger partial charge in [0.25, 0.3) is 0 Å². The van der Waals surface area contributed by atoms with Crippen LogP contribution in [-0.4, -0.2) is 49.3 Å². The molecule has 6 nitrogen and oxygen atoms in total. The Kier molecular flexibility index (Phi) is 5.91. The summed E-state index contributed by atoms with van der Waals surface area (Å²) in [5.74, 6) is -0.398. The van der Waals surface area contributed by atoms with E-state index in [1.54, 1.807) is 24.3 Å². The largest absolute Gasteiger partial charge is 0.465 e. The molecule has 1 aromatic carbocycles. The molecular formula is C19H26N2O4. The third kappa shape index (κ3) is 4.51. The molecule has 2 aliphatic rings. The number of carbonyl (C=O) groups excluding carboxylic acids is 2. The van der Waals surface area contributed by atoms with Crippen LogP contribution in [-0.2, 0) is 9.47 Å². The van der Waals surface area contributed by atoms with Crippen LogP contribution in [0.4, 0.5) is 10.5 Å². The van der Waals surface area contributed by atoms with Crippen molar-refractivity contribution < 1.29 is 19.1 Å². The maximum Gasteiger partial charge on any atom is 0.411 e. The molecule has 0 bridgehead atoms. The number of esters is 1. The van der Waals surface area contributed by atoms with E-state index >= 15 is 0 Å². The smallest absolute Gasteiger partial charge is 0.411 e. The molecule has 1 aliphatic carbocycles. The van der Waals surface area contributed by atoms with E-state index in [4.69, 9.17) is 4.74 Å². The zero-order chi connectivity index (χ0) is 17.6. The Bertz CT molecular complexity index is 596. The van der Waals surface area contributed by atoms with Crippen molar-refractivity contribution in [3.63, 3.8) is 0 Å². The Balaban J connectivity index is 1.56. The Hall–Kier alpha value is -2.08. The molecule has 1 amide bonds. The number of hydrogen-bond donors (Lipinski definition) is 1. The second kappa shape index (κ2) is 8.34. The number of nitrogens with zero attached hydrogens (tertiary/aromatic N) is 1. The van der Waals surface area contributed by atoms with E-state index in [-0.39, 0.29) is 6.10 Å². The second-order valence-electron chi connectivity index (χ2n) is 6.73. The predicted octanol–water partition coefficient (Wildman–Crippen LogP) is 3.43. The van der Waals surface area contributed by atoms with Crippen LogP contribution in [0.1, 0.15) is 48.9 Å². The molecule has 6 heteroatoms. The van der Waals surface area contributed by atoms with Crippen LogP contribution in [0.25, 0.3) is 0 Å². The van der Waals surface area contributed by atoms with Gasteiger partial charge in [0.2, 0.25) is 0 Å². The van der Waals surface area contributed by atoms with Gasteiger partial charge in [-0.2, -0.15) is 0 Å². The van der Waals surface area contributed by atoms with Crippen molar-refractivity contribution >= 4 is 17.7 Å². The SMILES string of the molecule is COC(=O)c1ccc(NC(=O)O[C@H]2CCCC[C@@H]2N2CCCC2)cc1. The number of ether oxygens (including phenoxy) is 2. The minimum Gasteiger partial charge on any atom is -0.465 e. The van der Waals surface area contributed by atoms with Gasteiger partial charge >= 0.3 is 12.1 Å². The number of likely N-dealkylation sites (tertiary alicyclic amines) is 1. The maximum atomic E-state index is 12.3. The van der Waals surface area contributed by atoms with E-state index in [2.05, 4.69) is 15.0 Å². The first-order valence-electron chi connectivity index (χ1n) is 9.07. The van der Waals surface area contributed by atoms with Crippen LogP contribution in [0.2, 0.25) is 0 Å². The lowest BCUT2D eigenvalue weighted by Gasteiger charge is -2.37. The normalized spacial score (nSPS) is 23.9. The van der Waals surface area contributed by atoms with Gasteiger partial charge in [0.15, 0.2) is 0 Å². The van der Waals surface area contributed by atoms with Crippen molar-refractivity contribution in [2.45, 2.75) is 50.7 Å². The lowest BCUT2D eigenvalue weighted by molar-refractivity contribution is 0.0176. The molecular weight excluding hydrogens is 320 g/mol. The van der Waals surface area contributed by atoms with Gasteiger partial charge in [-0.15, -0.1) is 0 Å². The van der Waals surface area contributed by atoms with Crippen LogP contribution in [0, 0.1) is 0 Å². The van der Waals surface area contributed by atoms with Crippen LogP contribution >= 0.6 is 0 Å². The minimum atomic E-state index is -0.429. The van der Waals surface area contributed by atoms with Crippen molar-refractivity contribution in [3.05, 3.63) is 29.8 Å². The Morgan fingerprint density at radius 3 is 2.40 bits per heavy atom. The molecule has 1 heterocycles. The fourth-order valence-corrected chi connectivity index (χ4v) is 3.80. The van der Waals surface area contributed by atoms with E-state index in [0.29, 0.717) is 17.3 Å². The average molecular weight is 346 g/mol. The molecule has 1 aromatic rings. The van der Waals surface area contributed by atoms with Crippen molar-refractivity contribution in [2.75, 3.05) is 25.5 Å². The summed E-state index contributed by atoms with van der Waals surface area (Å²) in [4.78, 5) is 26.2. The minimum absolute atomic E-state index is 0.0406. The van der Waals surface area contributed by atoms with Gasteiger partial charge in [-0.1, -0.05) is 6.42 Å². The summed E-state index contributed by atoms with van der Waals surface area (Å²) in [5.41, 5.74) is 1.05. The zero-order valence-corrected chi connectivity index (χ0v) is 14.7. The monoisotopic (exact) mass is 346 g/mol. The summed E-state index contributed by atoms with van der Waals surface area (Å²) in [6.07, 6.45) is 6.35. The Morgan fingerprint density at radius 2 is 1.72 bits per heavy atom. The molecule has 25 heavy (non-hydrogen) atoms. The van der Waals surface area contributed by atoms with Crippen LogP contribution in [0.15, 0.2) is 24.3 Å². The molecule has 3 rings (SSSR count). The number of anilines is 1. The lowest BCUT2D eigenvalue weighted by atomic mass is 9.91. The summed E-state index contributed by atoms with van der Waals surface area (Å²) in [5, 5.41) is 2.75.